The third-order valence-corrected chi connectivity index (χ3v) is 3.56. The molecule has 6 nitrogen and oxygen atoms in total. The first-order valence-corrected chi connectivity index (χ1v) is 6.48. The van der Waals surface area contributed by atoms with Crippen LogP contribution < -0.4 is 5.32 Å². The lowest BCUT2D eigenvalue weighted by Crippen LogP contribution is -2.13. The van der Waals surface area contributed by atoms with Gasteiger partial charge in [-0.05, 0) is 43.1 Å². The van der Waals surface area contributed by atoms with Crippen molar-refractivity contribution in [3.63, 3.8) is 0 Å². The van der Waals surface area contributed by atoms with Crippen LogP contribution in [0.5, 0.6) is 5.75 Å². The first-order valence-electron chi connectivity index (χ1n) is 5.70. The van der Waals surface area contributed by atoms with Crippen LogP contribution in [0, 0.1) is 13.8 Å². The number of hydrogen-bond donors (Lipinski definition) is 3. The normalized spacial score (nSPS) is 10.3. The van der Waals surface area contributed by atoms with Gasteiger partial charge >= 0.3 is 5.97 Å². The van der Waals surface area contributed by atoms with Gasteiger partial charge in [0.15, 0.2) is 0 Å². The van der Waals surface area contributed by atoms with Crippen molar-refractivity contribution in [2.45, 2.75) is 13.8 Å². The van der Waals surface area contributed by atoms with Gasteiger partial charge in [-0.25, -0.2) is 4.79 Å². The van der Waals surface area contributed by atoms with Crippen LogP contribution in [0.4, 0.5) is 5.00 Å². The van der Waals surface area contributed by atoms with Crippen molar-refractivity contribution in [1.29, 1.82) is 0 Å². The molecular formula is C13H12N2O4S. The second-order valence-electron chi connectivity index (χ2n) is 4.25. The van der Waals surface area contributed by atoms with E-state index >= 15 is 0 Å². The molecule has 0 fully saturated rings. The summed E-state index contributed by atoms with van der Waals surface area (Å²) in [6, 6.07) is 4.63. The summed E-state index contributed by atoms with van der Waals surface area (Å²) in [4.78, 5) is 23.1. The van der Waals surface area contributed by atoms with E-state index < -0.39 is 11.9 Å². The van der Waals surface area contributed by atoms with E-state index in [1.165, 1.54) is 12.1 Å². The summed E-state index contributed by atoms with van der Waals surface area (Å²) >= 11 is 0.892. The molecule has 0 aliphatic rings. The van der Waals surface area contributed by atoms with Crippen molar-refractivity contribution >= 4 is 28.4 Å². The molecule has 1 aromatic heterocycles. The number of aromatic hydroxyl groups is 1. The van der Waals surface area contributed by atoms with Gasteiger partial charge in [0, 0.05) is 0 Å². The van der Waals surface area contributed by atoms with Crippen molar-refractivity contribution in [2.75, 3.05) is 5.32 Å². The van der Waals surface area contributed by atoms with E-state index in [1.54, 1.807) is 19.9 Å². The van der Waals surface area contributed by atoms with E-state index in [0.717, 1.165) is 17.1 Å². The van der Waals surface area contributed by atoms with Gasteiger partial charge in [-0.2, -0.15) is 4.37 Å². The number of aryl methyl sites for hydroxylation is 2. The van der Waals surface area contributed by atoms with Gasteiger partial charge in [0.05, 0.1) is 11.3 Å². The Morgan fingerprint density at radius 3 is 2.60 bits per heavy atom. The van der Waals surface area contributed by atoms with E-state index in [-0.39, 0.29) is 21.9 Å². The average Bonchev–Trinajstić information content (AvgIpc) is 2.70. The predicted octanol–water partition coefficient (Wildman–Crippen LogP) is 2.42. The Hall–Kier alpha value is -2.41. The maximum atomic E-state index is 12.0. The summed E-state index contributed by atoms with van der Waals surface area (Å²) in [5, 5.41) is 21.4. The molecular weight excluding hydrogens is 280 g/mol. The van der Waals surface area contributed by atoms with Crippen LogP contribution >= 0.6 is 11.5 Å². The SMILES string of the molecule is Cc1ccc(C(=O)Nc2snc(C)c2C(=O)O)c(O)c1. The number of amides is 1. The van der Waals surface area contributed by atoms with Crippen LogP contribution in [0.1, 0.15) is 32.0 Å². The summed E-state index contributed by atoms with van der Waals surface area (Å²) in [5.74, 6) is -1.88. The van der Waals surface area contributed by atoms with Gasteiger partial charge < -0.3 is 15.5 Å². The number of nitrogens with zero attached hydrogens (tertiary/aromatic N) is 1. The summed E-state index contributed by atoms with van der Waals surface area (Å²) in [6.07, 6.45) is 0. The molecule has 0 saturated carbocycles. The van der Waals surface area contributed by atoms with Gasteiger partial charge in [-0.3, -0.25) is 4.79 Å². The molecule has 2 rings (SSSR count). The minimum atomic E-state index is -1.15. The number of carboxylic acids is 1. The van der Waals surface area contributed by atoms with E-state index in [2.05, 4.69) is 9.69 Å². The third kappa shape index (κ3) is 2.62. The number of carbonyl (C=O) groups excluding carboxylic acids is 1. The molecule has 7 heteroatoms. The van der Waals surface area contributed by atoms with Crippen molar-refractivity contribution in [3.8, 4) is 5.75 Å². The lowest BCUT2D eigenvalue weighted by molar-refractivity contribution is 0.0697. The van der Waals surface area contributed by atoms with E-state index in [9.17, 15) is 14.7 Å². The molecule has 0 radical (unpaired) electrons. The number of nitrogens with one attached hydrogen (secondary N) is 1. The standard InChI is InChI=1S/C13H12N2O4S/c1-6-3-4-8(9(16)5-6)11(17)14-12-10(13(18)19)7(2)15-20-12/h3-5,16H,1-2H3,(H,14,17)(H,18,19). The topological polar surface area (TPSA) is 99.5 Å². The Morgan fingerprint density at radius 1 is 1.30 bits per heavy atom. The maximum Gasteiger partial charge on any atom is 0.340 e. The molecule has 20 heavy (non-hydrogen) atoms. The molecule has 104 valence electrons. The summed E-state index contributed by atoms with van der Waals surface area (Å²) in [7, 11) is 0. The molecule has 1 heterocycles. The van der Waals surface area contributed by atoms with Crippen LogP contribution in [-0.4, -0.2) is 26.5 Å². The molecule has 0 unspecified atom stereocenters. The molecule has 3 N–H and O–H groups in total. The number of phenolic OH excluding ortho intramolecular Hbond substituents is 1. The van der Waals surface area contributed by atoms with Crippen LogP contribution in [0.15, 0.2) is 18.2 Å². The van der Waals surface area contributed by atoms with Gasteiger partial charge in [0.2, 0.25) is 0 Å². The summed E-state index contributed by atoms with van der Waals surface area (Å²) in [5.41, 5.74) is 1.21. The smallest absolute Gasteiger partial charge is 0.340 e. The molecule has 0 saturated heterocycles. The van der Waals surface area contributed by atoms with Crippen molar-refractivity contribution in [3.05, 3.63) is 40.6 Å². The fraction of sp³-hybridized carbons (Fsp3) is 0.154. The van der Waals surface area contributed by atoms with Crippen LogP contribution in [0.2, 0.25) is 0 Å². The molecule has 0 aliphatic carbocycles. The Kier molecular flexibility index (Phi) is 3.71. The fourth-order valence-corrected chi connectivity index (χ4v) is 2.50. The number of anilines is 1. The number of aromatic carboxylic acids is 1. The maximum absolute atomic E-state index is 12.0. The lowest BCUT2D eigenvalue weighted by atomic mass is 10.1. The Labute approximate surface area is 118 Å². The second kappa shape index (κ2) is 5.30. The Morgan fingerprint density at radius 2 is 2.00 bits per heavy atom. The lowest BCUT2D eigenvalue weighted by Gasteiger charge is -2.06. The highest BCUT2D eigenvalue weighted by Gasteiger charge is 2.20. The number of carbonyl (C=O) groups is 2. The molecule has 1 amide bonds. The Balaban J connectivity index is 2.31. The zero-order valence-electron chi connectivity index (χ0n) is 10.8. The number of benzene rings is 1. The second-order valence-corrected chi connectivity index (χ2v) is 5.03. The summed E-state index contributed by atoms with van der Waals surface area (Å²) < 4.78 is 3.90. The van der Waals surface area contributed by atoms with Crippen LogP contribution in [-0.2, 0) is 0 Å². The van der Waals surface area contributed by atoms with E-state index in [0.29, 0.717) is 5.69 Å². The quantitative estimate of drug-likeness (QED) is 0.806. The largest absolute Gasteiger partial charge is 0.507 e. The van der Waals surface area contributed by atoms with Gasteiger partial charge in [0.1, 0.15) is 16.3 Å². The highest BCUT2D eigenvalue weighted by atomic mass is 32.1. The summed E-state index contributed by atoms with van der Waals surface area (Å²) in [6.45, 7) is 3.34. The fourth-order valence-electron chi connectivity index (χ4n) is 1.71. The van der Waals surface area contributed by atoms with E-state index in [1.807, 2.05) is 0 Å². The van der Waals surface area contributed by atoms with Gasteiger partial charge in [-0.1, -0.05) is 6.07 Å². The average molecular weight is 292 g/mol. The molecule has 0 atom stereocenters. The van der Waals surface area contributed by atoms with Crippen molar-refractivity contribution < 1.29 is 19.8 Å². The minimum absolute atomic E-state index is 0.0325. The van der Waals surface area contributed by atoms with E-state index in [4.69, 9.17) is 5.11 Å². The first kappa shape index (κ1) is 14.0. The molecule has 0 spiro atoms. The Bertz CT molecular complexity index is 694. The third-order valence-electron chi connectivity index (χ3n) is 2.70. The number of hydrogen-bond acceptors (Lipinski definition) is 5. The molecule has 0 aliphatic heterocycles. The minimum Gasteiger partial charge on any atom is -0.507 e. The number of phenols is 1. The number of carboxylic acid groups (broad SMARTS) is 1. The monoisotopic (exact) mass is 292 g/mol. The highest BCUT2D eigenvalue weighted by molar-refractivity contribution is 7.11. The highest BCUT2D eigenvalue weighted by Crippen LogP contribution is 2.26. The zero-order chi connectivity index (χ0) is 14.9. The van der Waals surface area contributed by atoms with Crippen LogP contribution in [0.3, 0.4) is 0 Å². The predicted molar refractivity (Wildman–Crippen MR) is 74.6 cm³/mol. The molecule has 1 aromatic carbocycles. The molecule has 0 bridgehead atoms. The van der Waals surface area contributed by atoms with Crippen molar-refractivity contribution in [2.24, 2.45) is 0 Å². The number of rotatable bonds is 3. The van der Waals surface area contributed by atoms with Crippen molar-refractivity contribution in [1.82, 2.24) is 4.37 Å². The molecule has 2 aromatic rings. The van der Waals surface area contributed by atoms with Crippen LogP contribution in [0.25, 0.3) is 0 Å². The van der Waals surface area contributed by atoms with Gasteiger partial charge in [-0.15, -0.1) is 0 Å². The first-order chi connectivity index (χ1) is 9.40. The van der Waals surface area contributed by atoms with Gasteiger partial charge in [0.25, 0.3) is 5.91 Å². The zero-order valence-corrected chi connectivity index (χ0v) is 11.6. The number of aromatic nitrogens is 1.